The number of hydrogen-bond acceptors (Lipinski definition) is 2. The van der Waals surface area contributed by atoms with Crippen LogP contribution in [0.25, 0.3) is 10.9 Å². The Morgan fingerprint density at radius 2 is 2.21 bits per heavy atom. The standard InChI is InChI=1S/C20H25N3O/c1-12-10-20-16(15(12)11-21)9-18(24)23(20)8-4-6-14-13-5-2-3-7-17(13)22-19(14)20/h2-3,5,7,12,15-16,22H,4,6,8-11,21H2,1H3/t12-,15+,16-,20?/m0/s1. The number of nitrogens with zero attached hydrogens (tertiary/aromatic N) is 1. The van der Waals surface area contributed by atoms with Crippen LogP contribution in [-0.2, 0) is 16.8 Å². The molecule has 24 heavy (non-hydrogen) atoms. The van der Waals surface area contributed by atoms with Crippen molar-refractivity contribution in [2.45, 2.75) is 38.1 Å². The third kappa shape index (κ3) is 1.60. The monoisotopic (exact) mass is 323 g/mol. The highest BCUT2D eigenvalue weighted by Crippen LogP contribution is 2.60. The van der Waals surface area contributed by atoms with Crippen molar-refractivity contribution in [3.63, 3.8) is 0 Å². The number of benzene rings is 1. The lowest BCUT2D eigenvalue weighted by atomic mass is 9.79. The number of carbonyl (C=O) groups is 1. The fraction of sp³-hybridized carbons (Fsp3) is 0.550. The molecule has 1 amide bonds. The predicted molar refractivity (Wildman–Crippen MR) is 94.4 cm³/mol. The van der Waals surface area contributed by atoms with Gasteiger partial charge >= 0.3 is 0 Å². The molecule has 3 aliphatic rings. The number of nitrogens with one attached hydrogen (secondary N) is 1. The molecule has 1 unspecified atom stereocenters. The van der Waals surface area contributed by atoms with Crippen LogP contribution in [0.3, 0.4) is 0 Å². The summed E-state index contributed by atoms with van der Waals surface area (Å²) in [6.45, 7) is 3.89. The molecular formula is C20H25N3O. The number of aryl methyl sites for hydroxylation is 1. The first-order chi connectivity index (χ1) is 11.7. The van der Waals surface area contributed by atoms with Gasteiger partial charge in [0.05, 0.1) is 5.54 Å². The van der Waals surface area contributed by atoms with Gasteiger partial charge in [0.15, 0.2) is 0 Å². The topological polar surface area (TPSA) is 62.1 Å². The quantitative estimate of drug-likeness (QED) is 0.848. The summed E-state index contributed by atoms with van der Waals surface area (Å²) in [6, 6.07) is 8.59. The lowest BCUT2D eigenvalue weighted by molar-refractivity contribution is -0.131. The van der Waals surface area contributed by atoms with Gasteiger partial charge in [-0.15, -0.1) is 0 Å². The number of H-pyrrole nitrogens is 1. The van der Waals surface area contributed by atoms with Gasteiger partial charge in [-0.2, -0.15) is 0 Å². The van der Waals surface area contributed by atoms with E-state index in [-0.39, 0.29) is 5.54 Å². The van der Waals surface area contributed by atoms with E-state index in [1.807, 2.05) is 0 Å². The van der Waals surface area contributed by atoms with Crippen molar-refractivity contribution in [2.24, 2.45) is 23.5 Å². The molecule has 1 saturated heterocycles. The SMILES string of the molecule is C[C@H]1CC23c4[nH]c5ccccc5c4CCCN2C(=O)C[C@H]3[C@@H]1CN. The molecule has 4 nitrogen and oxygen atoms in total. The number of para-hydroxylation sites is 1. The summed E-state index contributed by atoms with van der Waals surface area (Å²) in [5.41, 5.74) is 9.96. The molecule has 1 spiro atoms. The molecule has 4 heteroatoms. The minimum atomic E-state index is -0.147. The van der Waals surface area contributed by atoms with Crippen LogP contribution in [0.5, 0.6) is 0 Å². The molecule has 1 aromatic heterocycles. The Hall–Kier alpha value is -1.81. The van der Waals surface area contributed by atoms with Crippen molar-refractivity contribution in [1.82, 2.24) is 9.88 Å². The third-order valence-electron chi connectivity index (χ3n) is 7.00. The summed E-state index contributed by atoms with van der Waals surface area (Å²) < 4.78 is 0. The van der Waals surface area contributed by atoms with Crippen LogP contribution in [0.15, 0.2) is 24.3 Å². The summed E-state index contributed by atoms with van der Waals surface area (Å²) >= 11 is 0. The van der Waals surface area contributed by atoms with Gasteiger partial charge in [-0.25, -0.2) is 0 Å². The average molecular weight is 323 g/mol. The number of fused-ring (bicyclic) bond motifs is 3. The van der Waals surface area contributed by atoms with Gasteiger partial charge < -0.3 is 15.6 Å². The van der Waals surface area contributed by atoms with Crippen molar-refractivity contribution >= 4 is 16.8 Å². The summed E-state index contributed by atoms with van der Waals surface area (Å²) in [5.74, 6) is 1.69. The summed E-state index contributed by atoms with van der Waals surface area (Å²) in [7, 11) is 0. The van der Waals surface area contributed by atoms with Crippen molar-refractivity contribution in [3.05, 3.63) is 35.5 Å². The zero-order valence-electron chi connectivity index (χ0n) is 14.2. The van der Waals surface area contributed by atoms with Gasteiger partial charge in [0, 0.05) is 35.5 Å². The molecule has 3 heterocycles. The molecule has 126 valence electrons. The normalized spacial score (nSPS) is 35.0. The van der Waals surface area contributed by atoms with E-state index >= 15 is 0 Å². The highest BCUT2D eigenvalue weighted by molar-refractivity contribution is 5.87. The van der Waals surface area contributed by atoms with Crippen LogP contribution in [0.2, 0.25) is 0 Å². The maximum Gasteiger partial charge on any atom is 0.223 e. The van der Waals surface area contributed by atoms with E-state index in [0.717, 1.165) is 25.8 Å². The average Bonchev–Trinajstić information content (AvgIpc) is 3.12. The second-order valence-electron chi connectivity index (χ2n) is 7.99. The van der Waals surface area contributed by atoms with E-state index in [9.17, 15) is 4.79 Å². The summed E-state index contributed by atoms with van der Waals surface area (Å²) in [5, 5.41) is 1.34. The van der Waals surface area contributed by atoms with Crippen LogP contribution in [0.4, 0.5) is 0 Å². The Labute approximate surface area is 142 Å². The second-order valence-corrected chi connectivity index (χ2v) is 7.99. The van der Waals surface area contributed by atoms with Gasteiger partial charge in [-0.3, -0.25) is 4.79 Å². The van der Waals surface area contributed by atoms with Gasteiger partial charge in [-0.05, 0) is 49.3 Å². The maximum absolute atomic E-state index is 12.8. The number of aromatic amines is 1. The zero-order chi connectivity index (χ0) is 16.5. The van der Waals surface area contributed by atoms with Crippen molar-refractivity contribution in [1.29, 1.82) is 0 Å². The van der Waals surface area contributed by atoms with E-state index in [2.05, 4.69) is 41.1 Å². The molecule has 4 atom stereocenters. The van der Waals surface area contributed by atoms with Crippen LogP contribution in [0.1, 0.15) is 37.4 Å². The number of rotatable bonds is 1. The summed E-state index contributed by atoms with van der Waals surface area (Å²) in [4.78, 5) is 18.8. The first kappa shape index (κ1) is 14.5. The number of hydrogen-bond donors (Lipinski definition) is 2. The highest BCUT2D eigenvalue weighted by Gasteiger charge is 2.63. The molecule has 1 aromatic carbocycles. The molecule has 2 fully saturated rings. The summed E-state index contributed by atoms with van der Waals surface area (Å²) in [6.07, 6.45) is 3.82. The Bertz CT molecular complexity index is 825. The van der Waals surface area contributed by atoms with Crippen LogP contribution in [0, 0.1) is 17.8 Å². The number of nitrogens with two attached hydrogens (primary N) is 1. The van der Waals surface area contributed by atoms with Crippen molar-refractivity contribution in [3.8, 4) is 0 Å². The van der Waals surface area contributed by atoms with Crippen LogP contribution >= 0.6 is 0 Å². The molecular weight excluding hydrogens is 298 g/mol. The van der Waals surface area contributed by atoms with Gasteiger partial charge in [0.25, 0.3) is 0 Å². The molecule has 1 saturated carbocycles. The van der Waals surface area contributed by atoms with E-state index in [4.69, 9.17) is 5.73 Å². The first-order valence-corrected chi connectivity index (χ1v) is 9.27. The minimum Gasteiger partial charge on any atom is -0.356 e. The van der Waals surface area contributed by atoms with E-state index in [1.54, 1.807) is 0 Å². The fourth-order valence-corrected chi connectivity index (χ4v) is 6.08. The molecule has 1 aliphatic carbocycles. The number of carbonyl (C=O) groups excluding carboxylic acids is 1. The molecule has 0 bridgehead atoms. The minimum absolute atomic E-state index is 0.147. The van der Waals surface area contributed by atoms with E-state index in [0.29, 0.717) is 36.6 Å². The van der Waals surface area contributed by atoms with Crippen molar-refractivity contribution < 1.29 is 4.79 Å². The largest absolute Gasteiger partial charge is 0.356 e. The highest BCUT2D eigenvalue weighted by atomic mass is 16.2. The fourth-order valence-electron chi connectivity index (χ4n) is 6.08. The Morgan fingerprint density at radius 3 is 3.04 bits per heavy atom. The third-order valence-corrected chi connectivity index (χ3v) is 7.00. The first-order valence-electron chi connectivity index (χ1n) is 9.27. The smallest absolute Gasteiger partial charge is 0.223 e. The van der Waals surface area contributed by atoms with E-state index in [1.165, 1.54) is 22.2 Å². The van der Waals surface area contributed by atoms with Gasteiger partial charge in [-0.1, -0.05) is 25.1 Å². The van der Waals surface area contributed by atoms with Crippen LogP contribution < -0.4 is 5.73 Å². The molecule has 2 aromatic rings. The lowest BCUT2D eigenvalue weighted by Crippen LogP contribution is -2.45. The Kier molecular flexibility index (Phi) is 2.94. The van der Waals surface area contributed by atoms with Crippen molar-refractivity contribution in [2.75, 3.05) is 13.1 Å². The molecule has 2 aliphatic heterocycles. The number of aromatic nitrogens is 1. The number of amides is 1. The predicted octanol–water partition coefficient (Wildman–Crippen LogP) is 2.77. The second kappa shape index (κ2) is 4.85. The van der Waals surface area contributed by atoms with Gasteiger partial charge in [0.1, 0.15) is 0 Å². The Morgan fingerprint density at radius 1 is 1.38 bits per heavy atom. The Balaban J connectivity index is 1.79. The molecule has 0 radical (unpaired) electrons. The molecule has 5 rings (SSSR count). The van der Waals surface area contributed by atoms with Crippen LogP contribution in [-0.4, -0.2) is 28.9 Å². The maximum atomic E-state index is 12.8. The lowest BCUT2D eigenvalue weighted by Gasteiger charge is -2.38. The molecule has 3 N–H and O–H groups in total. The zero-order valence-corrected chi connectivity index (χ0v) is 14.2. The van der Waals surface area contributed by atoms with Gasteiger partial charge in [0.2, 0.25) is 5.91 Å². The van der Waals surface area contributed by atoms with E-state index < -0.39 is 0 Å².